The molecule has 12 heteroatoms. The number of alkyl halides is 3. The fourth-order valence-electron chi connectivity index (χ4n) is 3.51. The molecule has 0 aliphatic carbocycles. The van der Waals surface area contributed by atoms with Crippen LogP contribution in [0.2, 0.25) is 0 Å². The summed E-state index contributed by atoms with van der Waals surface area (Å²) < 4.78 is 33.9. The number of nitrogens with zero attached hydrogens (tertiary/aromatic N) is 4. The summed E-state index contributed by atoms with van der Waals surface area (Å²) in [5.74, 6) is -2.62. The first-order valence-corrected chi connectivity index (χ1v) is 11.2. The van der Waals surface area contributed by atoms with E-state index >= 15 is 0 Å². The third kappa shape index (κ3) is 6.41. The van der Waals surface area contributed by atoms with E-state index in [1.54, 1.807) is 23.7 Å². The lowest BCUT2D eigenvalue weighted by Crippen LogP contribution is -2.48. The third-order valence-electron chi connectivity index (χ3n) is 5.21. The van der Waals surface area contributed by atoms with Gasteiger partial charge in [0.1, 0.15) is 0 Å². The number of carbonyl (C=O) groups excluding carboxylic acids is 1. The van der Waals surface area contributed by atoms with E-state index in [1.807, 2.05) is 22.4 Å². The molecule has 34 heavy (non-hydrogen) atoms. The predicted molar refractivity (Wildman–Crippen MR) is 120 cm³/mol. The number of piperazine rings is 1. The van der Waals surface area contributed by atoms with E-state index in [9.17, 15) is 18.0 Å². The van der Waals surface area contributed by atoms with Crippen molar-refractivity contribution in [2.45, 2.75) is 32.5 Å². The maximum Gasteiger partial charge on any atom is 0.490 e. The van der Waals surface area contributed by atoms with Gasteiger partial charge in [0.2, 0.25) is 5.91 Å². The zero-order chi connectivity index (χ0) is 24.9. The van der Waals surface area contributed by atoms with Gasteiger partial charge in [-0.15, -0.1) is 11.3 Å². The molecule has 0 aromatic carbocycles. The van der Waals surface area contributed by atoms with Crippen LogP contribution in [0.5, 0.6) is 0 Å². The third-order valence-corrected chi connectivity index (χ3v) is 6.09. The first kappa shape index (κ1) is 25.4. The molecular formula is C22H24F3N5O3S. The van der Waals surface area contributed by atoms with Crippen molar-refractivity contribution in [2.75, 3.05) is 19.6 Å². The second-order valence-electron chi connectivity index (χ2n) is 7.68. The number of thiazole rings is 1. The Morgan fingerprint density at radius 3 is 2.38 bits per heavy atom. The summed E-state index contributed by atoms with van der Waals surface area (Å²) in [6.07, 6.45) is -1.15. The number of aryl methyl sites for hydroxylation is 2. The fourth-order valence-corrected chi connectivity index (χ4v) is 4.45. The number of nitrogens with one attached hydrogen (secondary N) is 1. The number of halogens is 3. The van der Waals surface area contributed by atoms with Crippen molar-refractivity contribution in [1.82, 2.24) is 24.8 Å². The zero-order valence-corrected chi connectivity index (χ0v) is 19.4. The molecule has 4 heterocycles. The molecule has 8 nitrogen and oxygen atoms in total. The minimum atomic E-state index is -5.08. The molecule has 1 saturated heterocycles. The quantitative estimate of drug-likeness (QED) is 0.576. The molecule has 3 aromatic heterocycles. The number of aromatic nitrogens is 3. The van der Waals surface area contributed by atoms with Gasteiger partial charge in [-0.1, -0.05) is 0 Å². The van der Waals surface area contributed by atoms with Crippen LogP contribution in [-0.2, 0) is 16.0 Å². The topological polar surface area (TPSA) is 100 Å². The highest BCUT2D eigenvalue weighted by Gasteiger charge is 2.38. The van der Waals surface area contributed by atoms with E-state index in [-0.39, 0.29) is 11.9 Å². The molecule has 1 aliphatic rings. The second kappa shape index (κ2) is 10.8. The van der Waals surface area contributed by atoms with Gasteiger partial charge in [-0.25, -0.2) is 9.78 Å². The summed E-state index contributed by atoms with van der Waals surface area (Å²) in [4.78, 5) is 32.4. The van der Waals surface area contributed by atoms with Crippen molar-refractivity contribution < 1.29 is 27.9 Å². The molecule has 1 amide bonds. The highest BCUT2D eigenvalue weighted by Crippen LogP contribution is 2.22. The monoisotopic (exact) mass is 495 g/mol. The molecule has 1 unspecified atom stereocenters. The van der Waals surface area contributed by atoms with E-state index in [4.69, 9.17) is 14.9 Å². The Bertz CT molecular complexity index is 1110. The van der Waals surface area contributed by atoms with Crippen LogP contribution in [0.1, 0.15) is 28.7 Å². The van der Waals surface area contributed by atoms with Crippen LogP contribution in [0.25, 0.3) is 5.13 Å². The summed E-state index contributed by atoms with van der Waals surface area (Å²) in [6, 6.07) is 8.32. The summed E-state index contributed by atoms with van der Waals surface area (Å²) in [5.41, 5.74) is 4.31. The number of carboxylic acid groups (broad SMARTS) is 1. The number of carbonyl (C=O) groups is 2. The summed E-state index contributed by atoms with van der Waals surface area (Å²) in [5, 5.41) is 13.5. The van der Waals surface area contributed by atoms with Gasteiger partial charge in [-0.2, -0.15) is 13.2 Å². The van der Waals surface area contributed by atoms with Gasteiger partial charge in [-0.3, -0.25) is 14.3 Å². The first-order valence-electron chi connectivity index (χ1n) is 10.4. The van der Waals surface area contributed by atoms with Crippen LogP contribution in [0, 0.1) is 13.8 Å². The van der Waals surface area contributed by atoms with Gasteiger partial charge >= 0.3 is 12.1 Å². The SMILES string of the molecule is Cc1ccc(C)n1-c1nc(CC(=O)N2CCNC(c3ccncc3)C2)cs1.O=C(O)C(F)(F)F. The Labute approximate surface area is 198 Å². The minimum Gasteiger partial charge on any atom is -0.475 e. The van der Waals surface area contributed by atoms with Crippen LogP contribution < -0.4 is 5.32 Å². The van der Waals surface area contributed by atoms with Crippen molar-refractivity contribution in [2.24, 2.45) is 0 Å². The lowest BCUT2D eigenvalue weighted by atomic mass is 10.1. The average molecular weight is 496 g/mol. The van der Waals surface area contributed by atoms with E-state index < -0.39 is 12.1 Å². The van der Waals surface area contributed by atoms with Gasteiger partial charge in [0.05, 0.1) is 18.2 Å². The van der Waals surface area contributed by atoms with Gasteiger partial charge < -0.3 is 15.3 Å². The van der Waals surface area contributed by atoms with Crippen LogP contribution >= 0.6 is 11.3 Å². The van der Waals surface area contributed by atoms with Crippen LogP contribution in [0.3, 0.4) is 0 Å². The van der Waals surface area contributed by atoms with E-state index in [1.165, 1.54) is 0 Å². The number of hydrogen-bond donors (Lipinski definition) is 2. The minimum absolute atomic E-state index is 0.133. The maximum atomic E-state index is 12.8. The fraction of sp³-hybridized carbons (Fsp3) is 0.364. The molecule has 2 N–H and O–H groups in total. The predicted octanol–water partition coefficient (Wildman–Crippen LogP) is 3.29. The summed E-state index contributed by atoms with van der Waals surface area (Å²) >= 11 is 1.58. The van der Waals surface area contributed by atoms with Crippen LogP contribution in [-0.4, -0.2) is 62.2 Å². The van der Waals surface area contributed by atoms with Crippen molar-refractivity contribution >= 4 is 23.2 Å². The number of amides is 1. The van der Waals surface area contributed by atoms with Gasteiger partial charge in [0.15, 0.2) is 5.13 Å². The summed E-state index contributed by atoms with van der Waals surface area (Å²) in [7, 11) is 0. The molecule has 4 rings (SSSR count). The molecule has 3 aromatic rings. The smallest absolute Gasteiger partial charge is 0.475 e. The van der Waals surface area contributed by atoms with E-state index in [0.717, 1.165) is 40.9 Å². The second-order valence-corrected chi connectivity index (χ2v) is 8.52. The molecular weight excluding hydrogens is 471 g/mol. The number of aliphatic carboxylic acids is 1. The highest BCUT2D eigenvalue weighted by atomic mass is 32.1. The lowest BCUT2D eigenvalue weighted by molar-refractivity contribution is -0.192. The normalized spacial score (nSPS) is 16.0. The zero-order valence-electron chi connectivity index (χ0n) is 18.5. The largest absolute Gasteiger partial charge is 0.490 e. The van der Waals surface area contributed by atoms with Gasteiger partial charge in [0.25, 0.3) is 0 Å². The van der Waals surface area contributed by atoms with Crippen LogP contribution in [0.4, 0.5) is 13.2 Å². The number of pyridine rings is 1. The van der Waals surface area contributed by atoms with Crippen molar-refractivity contribution in [3.63, 3.8) is 0 Å². The Morgan fingerprint density at radius 1 is 1.18 bits per heavy atom. The molecule has 0 saturated carbocycles. The van der Waals surface area contributed by atoms with E-state index in [2.05, 4.69) is 40.8 Å². The van der Waals surface area contributed by atoms with Crippen molar-refractivity contribution in [3.8, 4) is 5.13 Å². The number of rotatable bonds is 4. The van der Waals surface area contributed by atoms with Crippen LogP contribution in [0.15, 0.2) is 42.0 Å². The molecule has 0 radical (unpaired) electrons. The van der Waals surface area contributed by atoms with Gasteiger partial charge in [0, 0.05) is 48.8 Å². The molecule has 1 fully saturated rings. The lowest BCUT2D eigenvalue weighted by Gasteiger charge is -2.34. The Balaban J connectivity index is 0.000000406. The Kier molecular flexibility index (Phi) is 8.05. The van der Waals surface area contributed by atoms with Gasteiger partial charge in [-0.05, 0) is 43.7 Å². The summed E-state index contributed by atoms with van der Waals surface area (Å²) in [6.45, 7) is 6.34. The van der Waals surface area contributed by atoms with Crippen molar-refractivity contribution in [3.05, 3.63) is 64.7 Å². The Morgan fingerprint density at radius 2 is 1.79 bits per heavy atom. The number of carboxylic acids is 1. The molecule has 182 valence electrons. The molecule has 1 atom stereocenters. The Hall–Kier alpha value is -3.25. The standard InChI is InChI=1S/C20H23N5OS.C2HF3O2/c1-14-3-4-15(2)25(14)20-23-17(13-27-20)11-19(26)24-10-9-22-18(12-24)16-5-7-21-8-6-16;3-2(4,5)1(6)7/h3-8,13,18,22H,9-12H2,1-2H3;(H,6,7). The molecule has 1 aliphatic heterocycles. The number of hydrogen-bond acceptors (Lipinski definition) is 6. The highest BCUT2D eigenvalue weighted by molar-refractivity contribution is 7.12. The maximum absolute atomic E-state index is 12.8. The van der Waals surface area contributed by atoms with Crippen molar-refractivity contribution in [1.29, 1.82) is 0 Å². The first-order chi connectivity index (χ1) is 16.1. The average Bonchev–Trinajstić information content (AvgIpc) is 3.39. The molecule has 0 bridgehead atoms. The van der Waals surface area contributed by atoms with E-state index in [0.29, 0.717) is 13.0 Å². The molecule has 0 spiro atoms.